The lowest BCUT2D eigenvalue weighted by atomic mass is 10.2. The summed E-state index contributed by atoms with van der Waals surface area (Å²) < 4.78 is 15.4. The minimum Gasteiger partial charge on any atom is -0.465 e. The summed E-state index contributed by atoms with van der Waals surface area (Å²) >= 11 is 1.31. The van der Waals surface area contributed by atoms with Crippen molar-refractivity contribution in [2.45, 2.75) is 6.92 Å². The Bertz CT molecular complexity index is 1030. The van der Waals surface area contributed by atoms with E-state index in [1.165, 1.54) is 18.9 Å². The van der Waals surface area contributed by atoms with Crippen LogP contribution in [0.4, 0.5) is 5.69 Å². The van der Waals surface area contributed by atoms with Crippen molar-refractivity contribution < 1.29 is 23.8 Å². The molecule has 2 aliphatic rings. The highest BCUT2D eigenvalue weighted by Gasteiger charge is 2.32. The molecule has 0 N–H and O–H groups in total. The lowest BCUT2D eigenvalue weighted by Crippen LogP contribution is -2.28. The van der Waals surface area contributed by atoms with Crippen LogP contribution >= 0.6 is 11.8 Å². The maximum absolute atomic E-state index is 12.8. The Labute approximate surface area is 172 Å². The average Bonchev–Trinajstić information content (AvgIpc) is 3.32. The molecule has 2 heterocycles. The molecule has 1 fully saturated rings. The van der Waals surface area contributed by atoms with Crippen molar-refractivity contribution in [1.29, 1.82) is 0 Å². The summed E-state index contributed by atoms with van der Waals surface area (Å²) in [4.78, 5) is 31.1. The van der Waals surface area contributed by atoms with Gasteiger partial charge in [0.15, 0.2) is 16.7 Å². The molecule has 7 nitrogen and oxygen atoms in total. The quantitative estimate of drug-likeness (QED) is 0.563. The molecule has 2 aromatic carbocycles. The summed E-state index contributed by atoms with van der Waals surface area (Å²) in [7, 11) is 1.34. The second-order valence-corrected chi connectivity index (χ2v) is 7.21. The smallest absolute Gasteiger partial charge is 0.337 e. The number of amidine groups is 1. The Morgan fingerprint density at radius 2 is 1.97 bits per heavy atom. The summed E-state index contributed by atoms with van der Waals surface area (Å²) in [6, 6.07) is 12.3. The number of carbonyl (C=O) groups is 2. The van der Waals surface area contributed by atoms with Crippen LogP contribution in [-0.4, -0.2) is 42.4 Å². The van der Waals surface area contributed by atoms with Gasteiger partial charge in [0.25, 0.3) is 5.91 Å². The van der Waals surface area contributed by atoms with E-state index in [4.69, 9.17) is 14.2 Å². The molecule has 0 radical (unpaired) electrons. The number of nitrogens with zero attached hydrogens (tertiary/aromatic N) is 2. The molecule has 4 rings (SSSR count). The molecule has 0 aliphatic carbocycles. The zero-order chi connectivity index (χ0) is 20.4. The van der Waals surface area contributed by atoms with Crippen molar-refractivity contribution in [2.75, 3.05) is 20.4 Å². The number of benzene rings is 2. The Balaban J connectivity index is 1.59. The van der Waals surface area contributed by atoms with Crippen LogP contribution in [0, 0.1) is 0 Å². The van der Waals surface area contributed by atoms with Crippen LogP contribution in [-0.2, 0) is 9.53 Å². The molecule has 1 saturated heterocycles. The lowest BCUT2D eigenvalue weighted by molar-refractivity contribution is -0.122. The van der Waals surface area contributed by atoms with Gasteiger partial charge in [-0.05, 0) is 66.7 Å². The van der Waals surface area contributed by atoms with Crippen LogP contribution in [0.5, 0.6) is 11.5 Å². The van der Waals surface area contributed by atoms with E-state index in [9.17, 15) is 9.59 Å². The molecule has 0 bridgehead atoms. The Hall–Kier alpha value is -3.26. The van der Waals surface area contributed by atoms with E-state index < -0.39 is 5.97 Å². The van der Waals surface area contributed by atoms with Crippen LogP contribution in [0.3, 0.4) is 0 Å². The van der Waals surface area contributed by atoms with Gasteiger partial charge in [0.1, 0.15) is 0 Å². The van der Waals surface area contributed by atoms with E-state index >= 15 is 0 Å². The summed E-state index contributed by atoms with van der Waals surface area (Å²) in [5.41, 5.74) is 1.95. The Morgan fingerprint density at radius 3 is 2.69 bits per heavy atom. The predicted molar refractivity (Wildman–Crippen MR) is 110 cm³/mol. The van der Waals surface area contributed by atoms with Crippen LogP contribution in [0.25, 0.3) is 6.08 Å². The van der Waals surface area contributed by atoms with Gasteiger partial charge < -0.3 is 14.2 Å². The van der Waals surface area contributed by atoms with Crippen LogP contribution in [0.2, 0.25) is 0 Å². The monoisotopic (exact) mass is 410 g/mol. The first-order valence-electron chi connectivity index (χ1n) is 8.97. The molecule has 1 amide bonds. The number of carbonyl (C=O) groups excluding carboxylic acids is 2. The summed E-state index contributed by atoms with van der Waals surface area (Å²) in [5, 5.41) is 0.593. The van der Waals surface area contributed by atoms with Gasteiger partial charge in [-0.3, -0.25) is 9.69 Å². The number of hydrogen-bond donors (Lipinski definition) is 0. The highest BCUT2D eigenvalue weighted by molar-refractivity contribution is 8.18. The van der Waals surface area contributed by atoms with Gasteiger partial charge in [0.05, 0.1) is 23.3 Å². The normalized spacial score (nSPS) is 18.0. The third-order valence-electron chi connectivity index (χ3n) is 4.41. The first-order chi connectivity index (χ1) is 14.1. The first-order valence-corrected chi connectivity index (χ1v) is 9.79. The second-order valence-electron chi connectivity index (χ2n) is 6.21. The van der Waals surface area contributed by atoms with Gasteiger partial charge >= 0.3 is 5.97 Å². The van der Waals surface area contributed by atoms with Crippen molar-refractivity contribution >= 4 is 40.6 Å². The molecule has 2 aromatic rings. The molecule has 0 spiro atoms. The predicted octanol–water partition coefficient (Wildman–Crippen LogP) is 3.83. The molecule has 0 atom stereocenters. The highest BCUT2D eigenvalue weighted by atomic mass is 32.2. The number of likely N-dealkylation sites (N-methyl/N-ethyl adjacent to an activating group) is 1. The number of methoxy groups -OCH3 is 1. The zero-order valence-electron chi connectivity index (χ0n) is 15.9. The van der Waals surface area contributed by atoms with E-state index in [1.54, 1.807) is 29.2 Å². The molecule has 148 valence electrons. The van der Waals surface area contributed by atoms with Gasteiger partial charge in [0.2, 0.25) is 6.79 Å². The second kappa shape index (κ2) is 8.00. The van der Waals surface area contributed by atoms with Crippen molar-refractivity contribution in [2.24, 2.45) is 4.99 Å². The van der Waals surface area contributed by atoms with Gasteiger partial charge in [-0.15, -0.1) is 0 Å². The summed E-state index contributed by atoms with van der Waals surface area (Å²) in [5.74, 6) is 0.867. The number of esters is 1. The SMILES string of the molecule is CCN1C(=O)/C(=C\c2ccc3c(c2)OCO3)SC1=Nc1ccc(C(=O)OC)cc1. The molecule has 0 aromatic heterocycles. The van der Waals surface area contributed by atoms with Crippen LogP contribution < -0.4 is 9.47 Å². The maximum Gasteiger partial charge on any atom is 0.337 e. The Kier molecular flexibility index (Phi) is 5.26. The molecular weight excluding hydrogens is 392 g/mol. The number of fused-ring (bicyclic) bond motifs is 1. The first kappa shape index (κ1) is 19.1. The lowest BCUT2D eigenvalue weighted by Gasteiger charge is -2.12. The summed E-state index contributed by atoms with van der Waals surface area (Å²) in [6.45, 7) is 2.61. The molecular formula is C21H18N2O5S. The van der Waals surface area contributed by atoms with E-state index in [0.29, 0.717) is 39.4 Å². The topological polar surface area (TPSA) is 77.4 Å². The fourth-order valence-corrected chi connectivity index (χ4v) is 3.99. The molecule has 8 heteroatoms. The maximum atomic E-state index is 12.8. The largest absolute Gasteiger partial charge is 0.465 e. The third-order valence-corrected chi connectivity index (χ3v) is 5.42. The van der Waals surface area contributed by atoms with E-state index in [-0.39, 0.29) is 12.7 Å². The minimum absolute atomic E-state index is 0.0971. The average molecular weight is 410 g/mol. The third kappa shape index (κ3) is 3.84. The standard InChI is InChI=1S/C21H18N2O5S/c1-3-23-19(24)18(11-13-4-9-16-17(10-13)28-12-27-16)29-21(23)22-15-7-5-14(6-8-15)20(25)26-2/h4-11H,3,12H2,1-2H3/b18-11+,22-21?. The van der Waals surface area contributed by atoms with Gasteiger partial charge in [0, 0.05) is 6.54 Å². The molecule has 2 aliphatic heterocycles. The number of rotatable bonds is 4. The van der Waals surface area contributed by atoms with E-state index in [2.05, 4.69) is 4.99 Å². The van der Waals surface area contributed by atoms with Gasteiger partial charge in [-0.1, -0.05) is 6.07 Å². The van der Waals surface area contributed by atoms with Crippen molar-refractivity contribution in [3.05, 3.63) is 58.5 Å². The number of aliphatic imine (C=N–C) groups is 1. The van der Waals surface area contributed by atoms with Crippen molar-refractivity contribution in [3.8, 4) is 11.5 Å². The molecule has 0 saturated carbocycles. The van der Waals surface area contributed by atoms with E-state index in [0.717, 1.165) is 5.56 Å². The van der Waals surface area contributed by atoms with Gasteiger partial charge in [-0.25, -0.2) is 9.79 Å². The van der Waals surface area contributed by atoms with Crippen LogP contribution in [0.15, 0.2) is 52.4 Å². The zero-order valence-corrected chi connectivity index (χ0v) is 16.7. The van der Waals surface area contributed by atoms with E-state index in [1.807, 2.05) is 31.2 Å². The Morgan fingerprint density at radius 1 is 1.21 bits per heavy atom. The number of ether oxygens (including phenoxy) is 3. The molecule has 0 unspecified atom stereocenters. The number of thioether (sulfide) groups is 1. The van der Waals surface area contributed by atoms with Crippen LogP contribution in [0.1, 0.15) is 22.8 Å². The van der Waals surface area contributed by atoms with Crippen molar-refractivity contribution in [1.82, 2.24) is 4.90 Å². The summed E-state index contributed by atoms with van der Waals surface area (Å²) in [6.07, 6.45) is 1.82. The number of hydrogen-bond acceptors (Lipinski definition) is 7. The fourth-order valence-electron chi connectivity index (χ4n) is 2.92. The van der Waals surface area contributed by atoms with Crippen molar-refractivity contribution in [3.63, 3.8) is 0 Å². The minimum atomic E-state index is -0.404. The van der Waals surface area contributed by atoms with Gasteiger partial charge in [-0.2, -0.15) is 0 Å². The fraction of sp³-hybridized carbons (Fsp3) is 0.190. The molecule has 29 heavy (non-hydrogen) atoms. The highest BCUT2D eigenvalue weighted by Crippen LogP contribution is 2.37. The number of amides is 1.